The highest BCUT2D eigenvalue weighted by atomic mass is 79.9. The second-order valence-corrected chi connectivity index (χ2v) is 5.16. The van der Waals surface area contributed by atoms with E-state index in [1.807, 2.05) is 0 Å². The lowest BCUT2D eigenvalue weighted by atomic mass is 10.1. The van der Waals surface area contributed by atoms with Gasteiger partial charge < -0.3 is 9.64 Å². The van der Waals surface area contributed by atoms with Crippen LogP contribution in [-0.2, 0) is 4.74 Å². The molecule has 1 fully saturated rings. The summed E-state index contributed by atoms with van der Waals surface area (Å²) in [5, 5.41) is 0. The third-order valence-corrected chi connectivity index (χ3v) is 3.78. The van der Waals surface area contributed by atoms with Gasteiger partial charge in [0.25, 0.3) is 5.91 Å². The van der Waals surface area contributed by atoms with E-state index in [-0.39, 0.29) is 17.6 Å². The first-order valence-corrected chi connectivity index (χ1v) is 6.87. The summed E-state index contributed by atoms with van der Waals surface area (Å²) in [4.78, 5) is 13.8. The summed E-state index contributed by atoms with van der Waals surface area (Å²) in [5.41, 5.74) is 0.0627. The monoisotopic (exact) mass is 335 g/mol. The number of morpholine rings is 1. The van der Waals surface area contributed by atoms with Crippen molar-refractivity contribution in [2.75, 3.05) is 25.6 Å². The van der Waals surface area contributed by atoms with E-state index < -0.39 is 5.82 Å². The van der Waals surface area contributed by atoms with E-state index in [4.69, 9.17) is 16.3 Å². The van der Waals surface area contributed by atoms with Gasteiger partial charge in [-0.05, 0) is 28.1 Å². The molecule has 1 heterocycles. The highest BCUT2D eigenvalue weighted by Crippen LogP contribution is 2.22. The van der Waals surface area contributed by atoms with Crippen LogP contribution >= 0.6 is 27.5 Å². The maximum absolute atomic E-state index is 13.7. The molecule has 1 saturated heterocycles. The van der Waals surface area contributed by atoms with Gasteiger partial charge in [0, 0.05) is 17.6 Å². The molecule has 1 amide bonds. The summed E-state index contributed by atoms with van der Waals surface area (Å²) in [6.07, 6.45) is -0.185. The summed E-state index contributed by atoms with van der Waals surface area (Å²) in [7, 11) is 0. The average Bonchev–Trinajstić information content (AvgIpc) is 2.38. The van der Waals surface area contributed by atoms with E-state index in [9.17, 15) is 9.18 Å². The van der Waals surface area contributed by atoms with E-state index in [1.54, 1.807) is 17.0 Å². The van der Waals surface area contributed by atoms with Crippen molar-refractivity contribution in [3.63, 3.8) is 0 Å². The van der Waals surface area contributed by atoms with E-state index in [2.05, 4.69) is 15.9 Å². The van der Waals surface area contributed by atoms with Crippen molar-refractivity contribution < 1.29 is 13.9 Å². The number of halogens is 3. The largest absolute Gasteiger partial charge is 0.373 e. The molecule has 2 rings (SSSR count). The van der Waals surface area contributed by atoms with E-state index in [1.165, 1.54) is 6.07 Å². The van der Waals surface area contributed by atoms with Gasteiger partial charge >= 0.3 is 0 Å². The van der Waals surface area contributed by atoms with Crippen molar-refractivity contribution >= 4 is 33.4 Å². The first-order chi connectivity index (χ1) is 8.63. The van der Waals surface area contributed by atoms with E-state index >= 15 is 0 Å². The first-order valence-electron chi connectivity index (χ1n) is 5.54. The average molecular weight is 337 g/mol. The minimum absolute atomic E-state index is 0.0627. The topological polar surface area (TPSA) is 29.5 Å². The van der Waals surface area contributed by atoms with Crippen molar-refractivity contribution in [2.45, 2.75) is 6.10 Å². The third kappa shape index (κ3) is 2.84. The Hall–Kier alpha value is -0.650. The van der Waals surface area contributed by atoms with Gasteiger partial charge in [0.1, 0.15) is 5.82 Å². The van der Waals surface area contributed by atoms with Crippen LogP contribution in [0.2, 0.25) is 0 Å². The van der Waals surface area contributed by atoms with Crippen LogP contribution in [0.5, 0.6) is 0 Å². The van der Waals surface area contributed by atoms with Crippen LogP contribution < -0.4 is 0 Å². The highest BCUT2D eigenvalue weighted by molar-refractivity contribution is 9.10. The Bertz CT molecular complexity index is 437. The summed E-state index contributed by atoms with van der Waals surface area (Å²) >= 11 is 8.91. The predicted molar refractivity (Wildman–Crippen MR) is 70.5 cm³/mol. The number of benzene rings is 1. The predicted octanol–water partition coefficient (Wildman–Crippen LogP) is 2.67. The molecule has 0 saturated carbocycles. The molecule has 0 bridgehead atoms. The number of hydrogen-bond donors (Lipinski definition) is 0. The maximum atomic E-state index is 13.7. The molecular weight excluding hydrogens is 324 g/mol. The second kappa shape index (κ2) is 5.99. The number of carbonyl (C=O) groups excluding carboxylic acids is 1. The Balaban J connectivity index is 2.20. The smallest absolute Gasteiger partial charge is 0.258 e. The number of alkyl halides is 1. The molecular formula is C12H12BrClFNO2. The second-order valence-electron chi connectivity index (χ2n) is 3.99. The van der Waals surface area contributed by atoms with Gasteiger partial charge in [0.15, 0.2) is 0 Å². The molecule has 18 heavy (non-hydrogen) atoms. The van der Waals surface area contributed by atoms with Gasteiger partial charge in [-0.15, -0.1) is 11.6 Å². The van der Waals surface area contributed by atoms with Gasteiger partial charge in [-0.3, -0.25) is 4.79 Å². The third-order valence-electron chi connectivity index (χ3n) is 2.77. The zero-order valence-corrected chi connectivity index (χ0v) is 11.9. The lowest BCUT2D eigenvalue weighted by Crippen LogP contribution is -2.46. The van der Waals surface area contributed by atoms with Gasteiger partial charge in [-0.1, -0.05) is 6.07 Å². The molecule has 1 unspecified atom stereocenters. The summed E-state index contributed by atoms with van der Waals surface area (Å²) < 4.78 is 19.5. The van der Waals surface area contributed by atoms with Crippen molar-refractivity contribution in [3.05, 3.63) is 34.1 Å². The van der Waals surface area contributed by atoms with E-state index in [0.29, 0.717) is 30.0 Å². The maximum Gasteiger partial charge on any atom is 0.258 e. The molecule has 0 N–H and O–H groups in total. The summed E-state index contributed by atoms with van der Waals surface area (Å²) in [6, 6.07) is 4.48. The minimum atomic E-state index is -0.525. The summed E-state index contributed by atoms with van der Waals surface area (Å²) in [5.74, 6) is -0.538. The Morgan fingerprint density at radius 2 is 2.39 bits per heavy atom. The molecule has 98 valence electrons. The fraction of sp³-hybridized carbons (Fsp3) is 0.417. The number of nitrogens with zero attached hydrogens (tertiary/aromatic N) is 1. The minimum Gasteiger partial charge on any atom is -0.373 e. The van der Waals surface area contributed by atoms with Crippen molar-refractivity contribution in [1.29, 1.82) is 0 Å². The lowest BCUT2D eigenvalue weighted by molar-refractivity contribution is -0.0110. The number of ether oxygens (including phenoxy) is 1. The van der Waals surface area contributed by atoms with Crippen LogP contribution in [0.15, 0.2) is 22.7 Å². The van der Waals surface area contributed by atoms with Crippen LogP contribution in [0.3, 0.4) is 0 Å². The van der Waals surface area contributed by atoms with Gasteiger partial charge in [-0.25, -0.2) is 4.39 Å². The summed E-state index contributed by atoms with van der Waals surface area (Å²) in [6.45, 7) is 1.27. The molecule has 1 aromatic rings. The fourth-order valence-corrected chi connectivity index (χ4v) is 2.56. The molecule has 0 spiro atoms. The quantitative estimate of drug-likeness (QED) is 0.777. The molecule has 0 radical (unpaired) electrons. The Kier molecular flexibility index (Phi) is 4.59. The van der Waals surface area contributed by atoms with E-state index in [0.717, 1.165) is 0 Å². The molecule has 1 atom stereocenters. The van der Waals surface area contributed by atoms with Gasteiger partial charge in [0.05, 0.1) is 24.2 Å². The standard InChI is InChI=1S/C12H12BrClFNO2/c13-9-2-1-3-10(15)11(9)12(17)16-4-5-18-8(6-14)7-16/h1-3,8H,4-7H2. The lowest BCUT2D eigenvalue weighted by Gasteiger charge is -2.32. The Labute approximate surface area is 118 Å². The van der Waals surface area contributed by atoms with Crippen LogP contribution in [0.4, 0.5) is 4.39 Å². The normalized spacial score (nSPS) is 19.9. The molecule has 6 heteroatoms. The van der Waals surface area contributed by atoms with Crippen LogP contribution in [0.1, 0.15) is 10.4 Å². The van der Waals surface area contributed by atoms with Crippen LogP contribution in [0.25, 0.3) is 0 Å². The van der Waals surface area contributed by atoms with Crippen LogP contribution in [0, 0.1) is 5.82 Å². The molecule has 1 aliphatic rings. The fourth-order valence-electron chi connectivity index (χ4n) is 1.86. The Morgan fingerprint density at radius 3 is 3.06 bits per heavy atom. The number of hydrogen-bond acceptors (Lipinski definition) is 2. The number of amides is 1. The van der Waals surface area contributed by atoms with Crippen LogP contribution in [-0.4, -0.2) is 42.5 Å². The zero-order valence-electron chi connectivity index (χ0n) is 9.54. The Morgan fingerprint density at radius 1 is 1.61 bits per heavy atom. The number of rotatable bonds is 2. The SMILES string of the molecule is O=C(c1c(F)cccc1Br)N1CCOC(CCl)C1. The molecule has 0 aromatic heterocycles. The van der Waals surface area contributed by atoms with Crippen molar-refractivity contribution in [2.24, 2.45) is 0 Å². The molecule has 1 aromatic carbocycles. The van der Waals surface area contributed by atoms with Gasteiger partial charge in [0.2, 0.25) is 0 Å². The van der Waals surface area contributed by atoms with Crippen molar-refractivity contribution in [1.82, 2.24) is 4.90 Å². The first kappa shape index (κ1) is 13.8. The van der Waals surface area contributed by atoms with Crippen molar-refractivity contribution in [3.8, 4) is 0 Å². The zero-order chi connectivity index (χ0) is 13.1. The molecule has 3 nitrogen and oxygen atoms in total. The number of carbonyl (C=O) groups is 1. The molecule has 0 aliphatic carbocycles. The molecule has 1 aliphatic heterocycles. The highest BCUT2D eigenvalue weighted by Gasteiger charge is 2.27. The van der Waals surface area contributed by atoms with Gasteiger partial charge in [-0.2, -0.15) is 0 Å².